The Morgan fingerprint density at radius 1 is 1.33 bits per heavy atom. The quantitative estimate of drug-likeness (QED) is 0.832. The molecule has 0 saturated carbocycles. The fourth-order valence-electron chi connectivity index (χ4n) is 2.26. The van der Waals surface area contributed by atoms with Gasteiger partial charge in [0.2, 0.25) is 0 Å². The number of anilines is 1. The molecular formula is C13H19FN2OS. The van der Waals surface area contributed by atoms with Crippen LogP contribution in [0.2, 0.25) is 0 Å². The number of hydrogen-bond donors (Lipinski definition) is 1. The monoisotopic (exact) mass is 270 g/mol. The first-order valence-electron chi connectivity index (χ1n) is 6.32. The normalized spacial score (nSPS) is 18.1. The smallest absolute Gasteiger partial charge is 0.125 e. The third-order valence-corrected chi connectivity index (χ3v) is 4.74. The van der Waals surface area contributed by atoms with Crippen molar-refractivity contribution < 1.29 is 8.60 Å². The summed E-state index contributed by atoms with van der Waals surface area (Å²) in [5.41, 5.74) is 5.96. The van der Waals surface area contributed by atoms with Gasteiger partial charge in [0.1, 0.15) is 5.82 Å². The van der Waals surface area contributed by atoms with Gasteiger partial charge in [0.05, 0.1) is 21.4 Å². The van der Waals surface area contributed by atoms with Crippen molar-refractivity contribution in [3.63, 3.8) is 0 Å². The topological polar surface area (TPSA) is 46.3 Å². The van der Waals surface area contributed by atoms with Crippen LogP contribution in [-0.4, -0.2) is 34.5 Å². The van der Waals surface area contributed by atoms with Crippen LogP contribution >= 0.6 is 0 Å². The summed E-state index contributed by atoms with van der Waals surface area (Å²) in [5, 5.41) is 0. The minimum absolute atomic E-state index is 0.287. The van der Waals surface area contributed by atoms with Gasteiger partial charge in [0.15, 0.2) is 0 Å². The van der Waals surface area contributed by atoms with Crippen LogP contribution in [0.25, 0.3) is 0 Å². The van der Waals surface area contributed by atoms with Crippen LogP contribution in [0.15, 0.2) is 23.1 Å². The molecule has 1 atom stereocenters. The summed E-state index contributed by atoms with van der Waals surface area (Å²) in [6.07, 6.45) is 3.44. The molecule has 0 aromatic heterocycles. The maximum atomic E-state index is 12.9. The van der Waals surface area contributed by atoms with Crippen molar-refractivity contribution in [1.82, 2.24) is 4.90 Å². The van der Waals surface area contributed by atoms with Crippen LogP contribution in [0, 0.1) is 5.82 Å². The Kier molecular flexibility index (Phi) is 4.72. The summed E-state index contributed by atoms with van der Waals surface area (Å²) < 4.78 is 24.9. The summed E-state index contributed by atoms with van der Waals surface area (Å²) in [6.45, 7) is 3.31. The zero-order valence-corrected chi connectivity index (χ0v) is 11.2. The lowest BCUT2D eigenvalue weighted by molar-refractivity contribution is 0.340. The molecule has 18 heavy (non-hydrogen) atoms. The molecular weight excluding hydrogens is 251 g/mol. The summed E-state index contributed by atoms with van der Waals surface area (Å²) >= 11 is 0. The number of halogens is 1. The first-order chi connectivity index (χ1) is 8.66. The van der Waals surface area contributed by atoms with Gasteiger partial charge in [-0.2, -0.15) is 0 Å². The number of likely N-dealkylation sites (tertiary alicyclic amines) is 1. The van der Waals surface area contributed by atoms with Crippen LogP contribution in [-0.2, 0) is 10.8 Å². The highest BCUT2D eigenvalue weighted by Gasteiger charge is 2.13. The zero-order chi connectivity index (χ0) is 13.0. The number of benzene rings is 1. The predicted octanol–water partition coefficient (Wildman–Crippen LogP) is 2.00. The molecule has 1 unspecified atom stereocenters. The summed E-state index contributed by atoms with van der Waals surface area (Å²) in [4.78, 5) is 2.95. The van der Waals surface area contributed by atoms with Crippen molar-refractivity contribution in [2.45, 2.75) is 24.2 Å². The molecule has 0 amide bonds. The standard InChI is InChI=1S/C13H19FN2OS/c14-11-4-5-13(12(15)10-11)18(17)9-3-8-16-6-1-2-7-16/h4-5,10H,1-3,6-9,15H2. The van der Waals surface area contributed by atoms with Crippen molar-refractivity contribution in [2.75, 3.05) is 31.1 Å². The van der Waals surface area contributed by atoms with Gasteiger partial charge in [-0.1, -0.05) is 0 Å². The van der Waals surface area contributed by atoms with E-state index in [2.05, 4.69) is 4.90 Å². The highest BCUT2D eigenvalue weighted by atomic mass is 32.2. The minimum atomic E-state index is -1.12. The van der Waals surface area contributed by atoms with Gasteiger partial charge in [-0.15, -0.1) is 0 Å². The largest absolute Gasteiger partial charge is 0.398 e. The molecule has 5 heteroatoms. The van der Waals surface area contributed by atoms with Crippen LogP contribution in [0.5, 0.6) is 0 Å². The second-order valence-corrected chi connectivity index (χ2v) is 6.17. The van der Waals surface area contributed by atoms with E-state index in [1.807, 2.05) is 0 Å². The molecule has 1 heterocycles. The molecule has 100 valence electrons. The molecule has 1 aliphatic rings. The van der Waals surface area contributed by atoms with Gasteiger partial charge < -0.3 is 10.6 Å². The van der Waals surface area contributed by atoms with Crippen molar-refractivity contribution in [3.05, 3.63) is 24.0 Å². The minimum Gasteiger partial charge on any atom is -0.398 e. The average molecular weight is 270 g/mol. The molecule has 1 aromatic rings. The maximum Gasteiger partial charge on any atom is 0.125 e. The Balaban J connectivity index is 1.83. The van der Waals surface area contributed by atoms with E-state index in [1.165, 1.54) is 31.0 Å². The fraction of sp³-hybridized carbons (Fsp3) is 0.538. The lowest BCUT2D eigenvalue weighted by Gasteiger charge is -2.14. The van der Waals surface area contributed by atoms with Gasteiger partial charge in [-0.25, -0.2) is 4.39 Å². The molecule has 0 radical (unpaired) electrons. The highest BCUT2D eigenvalue weighted by molar-refractivity contribution is 7.85. The Bertz CT molecular complexity index is 433. The summed E-state index contributed by atoms with van der Waals surface area (Å²) in [7, 11) is -1.12. The molecule has 1 aliphatic heterocycles. The molecule has 2 N–H and O–H groups in total. The van der Waals surface area contributed by atoms with Crippen molar-refractivity contribution in [2.24, 2.45) is 0 Å². The summed E-state index contributed by atoms with van der Waals surface area (Å²) in [6, 6.07) is 4.06. The predicted molar refractivity (Wildman–Crippen MR) is 72.4 cm³/mol. The van der Waals surface area contributed by atoms with Crippen LogP contribution in [0.4, 0.5) is 10.1 Å². The molecule has 1 saturated heterocycles. The average Bonchev–Trinajstić information content (AvgIpc) is 2.81. The van der Waals surface area contributed by atoms with E-state index < -0.39 is 10.8 Å². The molecule has 2 rings (SSSR count). The summed E-state index contributed by atoms with van der Waals surface area (Å²) in [5.74, 6) is 0.206. The van der Waals surface area contributed by atoms with Gasteiger partial charge in [0, 0.05) is 5.75 Å². The molecule has 0 aliphatic carbocycles. The van der Waals surface area contributed by atoms with E-state index >= 15 is 0 Å². The van der Waals surface area contributed by atoms with E-state index in [4.69, 9.17) is 5.73 Å². The van der Waals surface area contributed by atoms with Crippen molar-refractivity contribution in [3.8, 4) is 0 Å². The Labute approximate surface area is 110 Å². The second-order valence-electron chi connectivity index (χ2n) is 4.63. The van der Waals surface area contributed by atoms with E-state index in [-0.39, 0.29) is 11.5 Å². The van der Waals surface area contributed by atoms with Gasteiger partial charge in [-0.05, 0) is 57.1 Å². The van der Waals surface area contributed by atoms with Gasteiger partial charge in [0.25, 0.3) is 0 Å². The third-order valence-electron chi connectivity index (χ3n) is 3.22. The molecule has 0 bridgehead atoms. The lowest BCUT2D eigenvalue weighted by atomic mass is 10.3. The highest BCUT2D eigenvalue weighted by Crippen LogP contribution is 2.18. The molecule has 1 aromatic carbocycles. The van der Waals surface area contributed by atoms with Crippen LogP contribution < -0.4 is 5.73 Å². The first kappa shape index (κ1) is 13.5. The number of nitrogens with zero attached hydrogens (tertiary/aromatic N) is 1. The second kappa shape index (κ2) is 6.29. The van der Waals surface area contributed by atoms with Gasteiger partial charge in [-0.3, -0.25) is 4.21 Å². The fourth-order valence-corrected chi connectivity index (χ4v) is 3.41. The van der Waals surface area contributed by atoms with Crippen LogP contribution in [0.3, 0.4) is 0 Å². The molecule has 3 nitrogen and oxygen atoms in total. The van der Waals surface area contributed by atoms with Crippen molar-refractivity contribution in [1.29, 1.82) is 0 Å². The number of hydrogen-bond acceptors (Lipinski definition) is 3. The number of nitrogen functional groups attached to an aromatic ring is 1. The number of nitrogens with two attached hydrogens (primary N) is 1. The van der Waals surface area contributed by atoms with Crippen molar-refractivity contribution >= 4 is 16.5 Å². The van der Waals surface area contributed by atoms with E-state index in [0.29, 0.717) is 10.6 Å². The van der Waals surface area contributed by atoms with E-state index in [0.717, 1.165) is 26.1 Å². The molecule has 1 fully saturated rings. The Morgan fingerprint density at radius 3 is 2.72 bits per heavy atom. The SMILES string of the molecule is Nc1cc(F)ccc1S(=O)CCCN1CCCC1. The Morgan fingerprint density at radius 2 is 2.06 bits per heavy atom. The van der Waals surface area contributed by atoms with E-state index in [9.17, 15) is 8.60 Å². The molecule has 0 spiro atoms. The zero-order valence-electron chi connectivity index (χ0n) is 10.4. The van der Waals surface area contributed by atoms with E-state index in [1.54, 1.807) is 0 Å². The number of rotatable bonds is 5. The lowest BCUT2D eigenvalue weighted by Crippen LogP contribution is -2.21. The van der Waals surface area contributed by atoms with Gasteiger partial charge >= 0.3 is 0 Å². The third kappa shape index (κ3) is 3.53. The Hall–Kier alpha value is -0.940. The maximum absolute atomic E-state index is 12.9. The van der Waals surface area contributed by atoms with Crippen LogP contribution in [0.1, 0.15) is 19.3 Å². The first-order valence-corrected chi connectivity index (χ1v) is 7.64.